The Hall–Kier alpha value is -3.03. The Bertz CT molecular complexity index is 836. The second-order valence-corrected chi connectivity index (χ2v) is 7.36. The van der Waals surface area contributed by atoms with Crippen molar-refractivity contribution < 1.29 is 19.1 Å². The molecule has 8 heteroatoms. The molecule has 0 unspecified atom stereocenters. The first-order valence-corrected chi connectivity index (χ1v) is 8.76. The van der Waals surface area contributed by atoms with Crippen molar-refractivity contribution in [3.8, 4) is 5.75 Å². The standard InChI is InChI=1S/C19H24N4O4/c1-19(2,3)27-18(25)23-10-9-14-15(11-23)21-22-16(14)20-17(24)12-5-7-13(26-4)8-6-12/h5-8H,9-11H2,1-4H3,(H2,20,21,22,24). The van der Waals surface area contributed by atoms with Crippen LogP contribution in [0.15, 0.2) is 24.3 Å². The van der Waals surface area contributed by atoms with Crippen LogP contribution < -0.4 is 10.1 Å². The van der Waals surface area contributed by atoms with Crippen molar-refractivity contribution in [3.63, 3.8) is 0 Å². The number of ether oxygens (including phenoxy) is 2. The second-order valence-electron chi connectivity index (χ2n) is 7.36. The lowest BCUT2D eigenvalue weighted by Crippen LogP contribution is -2.39. The molecule has 2 heterocycles. The molecule has 27 heavy (non-hydrogen) atoms. The number of H-pyrrole nitrogens is 1. The fourth-order valence-corrected chi connectivity index (χ4v) is 2.83. The van der Waals surface area contributed by atoms with Crippen LogP contribution in [0.1, 0.15) is 42.4 Å². The SMILES string of the molecule is COc1ccc(C(=O)Nc2n[nH]c3c2CCN(C(=O)OC(C)(C)C)C3)cc1. The van der Waals surface area contributed by atoms with E-state index in [0.717, 1.165) is 11.3 Å². The van der Waals surface area contributed by atoms with E-state index in [1.54, 1.807) is 36.3 Å². The number of amides is 2. The van der Waals surface area contributed by atoms with Gasteiger partial charge in [-0.25, -0.2) is 4.79 Å². The maximum Gasteiger partial charge on any atom is 0.410 e. The van der Waals surface area contributed by atoms with Crippen molar-refractivity contribution >= 4 is 17.8 Å². The van der Waals surface area contributed by atoms with E-state index < -0.39 is 5.60 Å². The van der Waals surface area contributed by atoms with Gasteiger partial charge < -0.3 is 19.7 Å². The summed E-state index contributed by atoms with van der Waals surface area (Å²) in [7, 11) is 1.58. The molecule has 0 aliphatic carbocycles. The first-order chi connectivity index (χ1) is 12.8. The van der Waals surface area contributed by atoms with E-state index >= 15 is 0 Å². The summed E-state index contributed by atoms with van der Waals surface area (Å²) < 4.78 is 10.5. The number of anilines is 1. The summed E-state index contributed by atoms with van der Waals surface area (Å²) >= 11 is 0. The molecule has 8 nitrogen and oxygen atoms in total. The lowest BCUT2D eigenvalue weighted by Gasteiger charge is -2.29. The van der Waals surface area contributed by atoms with Gasteiger partial charge in [0.2, 0.25) is 0 Å². The van der Waals surface area contributed by atoms with E-state index in [0.29, 0.717) is 36.6 Å². The minimum atomic E-state index is -0.539. The summed E-state index contributed by atoms with van der Waals surface area (Å²) in [5.74, 6) is 0.933. The average Bonchev–Trinajstić information content (AvgIpc) is 3.02. The molecular weight excluding hydrogens is 348 g/mol. The summed E-state index contributed by atoms with van der Waals surface area (Å²) in [6.45, 7) is 6.39. The highest BCUT2D eigenvalue weighted by Crippen LogP contribution is 2.25. The third-order valence-electron chi connectivity index (χ3n) is 4.17. The Balaban J connectivity index is 1.67. The number of nitrogens with one attached hydrogen (secondary N) is 2. The maximum atomic E-state index is 12.4. The van der Waals surface area contributed by atoms with Crippen LogP contribution in [-0.4, -0.2) is 46.4 Å². The average molecular weight is 372 g/mol. The van der Waals surface area contributed by atoms with Gasteiger partial charge in [0.1, 0.15) is 11.4 Å². The van der Waals surface area contributed by atoms with Crippen molar-refractivity contribution in [1.82, 2.24) is 15.1 Å². The van der Waals surface area contributed by atoms with Gasteiger partial charge in [0.25, 0.3) is 5.91 Å². The molecule has 1 aliphatic rings. The summed E-state index contributed by atoms with van der Waals surface area (Å²) in [5.41, 5.74) is 1.69. The van der Waals surface area contributed by atoms with Gasteiger partial charge in [0.15, 0.2) is 5.82 Å². The Morgan fingerprint density at radius 2 is 1.93 bits per heavy atom. The predicted octanol–water partition coefficient (Wildman–Crippen LogP) is 2.96. The number of fused-ring (bicyclic) bond motifs is 1. The summed E-state index contributed by atoms with van der Waals surface area (Å²) in [6, 6.07) is 6.84. The van der Waals surface area contributed by atoms with Crippen LogP contribution in [0.3, 0.4) is 0 Å². The minimum absolute atomic E-state index is 0.249. The zero-order chi connectivity index (χ0) is 19.6. The summed E-state index contributed by atoms with van der Waals surface area (Å²) in [6.07, 6.45) is 0.232. The smallest absolute Gasteiger partial charge is 0.410 e. The van der Waals surface area contributed by atoms with Gasteiger partial charge in [0, 0.05) is 17.7 Å². The number of carbonyl (C=O) groups excluding carboxylic acids is 2. The number of nitrogens with zero attached hydrogens (tertiary/aromatic N) is 2. The molecule has 2 amide bonds. The van der Waals surface area contributed by atoms with Crippen LogP contribution in [0, 0.1) is 0 Å². The van der Waals surface area contributed by atoms with Gasteiger partial charge in [-0.3, -0.25) is 9.89 Å². The van der Waals surface area contributed by atoms with E-state index in [9.17, 15) is 9.59 Å². The first-order valence-electron chi connectivity index (χ1n) is 8.76. The van der Waals surface area contributed by atoms with Gasteiger partial charge in [0.05, 0.1) is 19.3 Å². The second kappa shape index (κ2) is 7.30. The van der Waals surface area contributed by atoms with Crippen LogP contribution in [-0.2, 0) is 17.7 Å². The Kier molecular flexibility index (Phi) is 5.07. The molecular formula is C19H24N4O4. The highest BCUT2D eigenvalue weighted by atomic mass is 16.6. The monoisotopic (exact) mass is 372 g/mol. The Labute approximate surface area is 157 Å². The normalized spacial score (nSPS) is 13.7. The topological polar surface area (TPSA) is 96.5 Å². The fraction of sp³-hybridized carbons (Fsp3) is 0.421. The third kappa shape index (κ3) is 4.39. The molecule has 0 saturated carbocycles. The third-order valence-corrected chi connectivity index (χ3v) is 4.17. The van der Waals surface area contributed by atoms with Gasteiger partial charge in [-0.05, 0) is 51.5 Å². The van der Waals surface area contributed by atoms with Gasteiger partial charge in [-0.1, -0.05) is 0 Å². The number of hydrogen-bond donors (Lipinski definition) is 2. The largest absolute Gasteiger partial charge is 0.497 e. The van der Waals surface area contributed by atoms with E-state index in [4.69, 9.17) is 9.47 Å². The van der Waals surface area contributed by atoms with Crippen molar-refractivity contribution in [2.45, 2.75) is 39.3 Å². The molecule has 0 bridgehead atoms. The van der Waals surface area contributed by atoms with Crippen LogP contribution in [0.25, 0.3) is 0 Å². The molecule has 1 aromatic carbocycles. The molecule has 1 aromatic heterocycles. The Morgan fingerprint density at radius 1 is 1.22 bits per heavy atom. The van der Waals surface area contributed by atoms with Gasteiger partial charge in [-0.2, -0.15) is 5.10 Å². The molecule has 0 radical (unpaired) electrons. The fourth-order valence-electron chi connectivity index (χ4n) is 2.83. The molecule has 1 aliphatic heterocycles. The zero-order valence-electron chi connectivity index (χ0n) is 16.0. The van der Waals surface area contributed by atoms with Crippen LogP contribution >= 0.6 is 0 Å². The highest BCUT2D eigenvalue weighted by molar-refractivity contribution is 6.04. The van der Waals surface area contributed by atoms with E-state index in [1.807, 2.05) is 20.8 Å². The highest BCUT2D eigenvalue weighted by Gasteiger charge is 2.28. The molecule has 3 rings (SSSR count). The molecule has 0 fully saturated rings. The number of carbonyl (C=O) groups is 2. The number of aromatic nitrogens is 2. The van der Waals surface area contributed by atoms with Crippen molar-refractivity contribution in [3.05, 3.63) is 41.1 Å². The molecule has 2 aromatic rings. The van der Waals surface area contributed by atoms with Crippen molar-refractivity contribution in [2.75, 3.05) is 19.0 Å². The number of benzene rings is 1. The van der Waals surface area contributed by atoms with E-state index in [-0.39, 0.29) is 12.0 Å². The van der Waals surface area contributed by atoms with E-state index in [1.165, 1.54) is 0 Å². The quantitative estimate of drug-likeness (QED) is 0.863. The van der Waals surface area contributed by atoms with E-state index in [2.05, 4.69) is 15.5 Å². The van der Waals surface area contributed by atoms with Gasteiger partial charge >= 0.3 is 6.09 Å². The Morgan fingerprint density at radius 3 is 2.56 bits per heavy atom. The lowest BCUT2D eigenvalue weighted by molar-refractivity contribution is 0.0221. The number of methoxy groups -OCH3 is 1. The number of rotatable bonds is 3. The first kappa shape index (κ1) is 18.8. The predicted molar refractivity (Wildman–Crippen MR) is 99.9 cm³/mol. The van der Waals surface area contributed by atoms with Crippen molar-refractivity contribution in [1.29, 1.82) is 0 Å². The number of hydrogen-bond acceptors (Lipinski definition) is 5. The summed E-state index contributed by atoms with van der Waals surface area (Å²) in [4.78, 5) is 26.3. The van der Waals surface area contributed by atoms with Crippen molar-refractivity contribution in [2.24, 2.45) is 0 Å². The molecule has 0 spiro atoms. The molecule has 2 N–H and O–H groups in total. The molecule has 144 valence electrons. The minimum Gasteiger partial charge on any atom is -0.497 e. The zero-order valence-corrected chi connectivity index (χ0v) is 16.0. The van der Waals surface area contributed by atoms with Crippen LogP contribution in [0.5, 0.6) is 5.75 Å². The summed E-state index contributed by atoms with van der Waals surface area (Å²) in [5, 5.41) is 9.95. The number of aromatic amines is 1. The molecule has 0 saturated heterocycles. The van der Waals surface area contributed by atoms with Crippen LogP contribution in [0.2, 0.25) is 0 Å². The lowest BCUT2D eigenvalue weighted by atomic mass is 10.1. The molecule has 0 atom stereocenters. The maximum absolute atomic E-state index is 12.4. The van der Waals surface area contributed by atoms with Gasteiger partial charge in [-0.15, -0.1) is 0 Å². The van der Waals surface area contributed by atoms with Crippen LogP contribution in [0.4, 0.5) is 10.6 Å².